The fraction of sp³-hybridized carbons (Fsp3) is 0. The molecule has 7 aromatic carbocycles. The summed E-state index contributed by atoms with van der Waals surface area (Å²) in [4.78, 5) is 10.8. The highest BCUT2D eigenvalue weighted by Crippen LogP contribution is 2.50. The standard InChI is InChI=1S/C42H23N3S2/c1-2-12-24(13-3-1)36-29-18-8-10-20-33(29)43-42(44-36)45-37-28-17-7-5-15-26(28)25-14-4-6-16-27(25)35(37)31-22-23-32-39(38(31)45)47-40-30-19-9-11-21-34(30)46-41(32)40/h1-23H. The number of fused-ring (bicyclic) bond motifs is 15. The molecule has 0 saturated carbocycles. The molecule has 0 atom stereocenters. The number of thiophene rings is 2. The first kappa shape index (κ1) is 25.6. The highest BCUT2D eigenvalue weighted by molar-refractivity contribution is 7.37. The monoisotopic (exact) mass is 633 g/mol. The van der Waals surface area contributed by atoms with E-state index in [1.807, 2.05) is 22.7 Å². The van der Waals surface area contributed by atoms with Gasteiger partial charge >= 0.3 is 0 Å². The molecule has 0 spiro atoms. The number of aromatic nitrogens is 3. The predicted molar refractivity (Wildman–Crippen MR) is 203 cm³/mol. The third kappa shape index (κ3) is 3.45. The summed E-state index contributed by atoms with van der Waals surface area (Å²) in [7, 11) is 0. The molecule has 47 heavy (non-hydrogen) atoms. The Bertz CT molecular complexity index is 3070. The van der Waals surface area contributed by atoms with E-state index in [-0.39, 0.29) is 0 Å². The van der Waals surface area contributed by atoms with Crippen molar-refractivity contribution in [1.82, 2.24) is 14.5 Å². The molecule has 0 aliphatic heterocycles. The largest absolute Gasteiger partial charge is 0.276 e. The third-order valence-corrected chi connectivity index (χ3v) is 12.2. The summed E-state index contributed by atoms with van der Waals surface area (Å²) in [6, 6.07) is 50.0. The van der Waals surface area contributed by atoms with Crippen molar-refractivity contribution in [3.63, 3.8) is 0 Å². The Hall–Kier alpha value is -5.62. The lowest BCUT2D eigenvalue weighted by Crippen LogP contribution is -2.04. The van der Waals surface area contributed by atoms with E-state index < -0.39 is 0 Å². The minimum absolute atomic E-state index is 0.692. The second kappa shape index (κ2) is 9.46. The van der Waals surface area contributed by atoms with Crippen molar-refractivity contribution < 1.29 is 0 Å². The second-order valence-electron chi connectivity index (χ2n) is 12.1. The van der Waals surface area contributed by atoms with E-state index in [1.165, 1.54) is 67.4 Å². The van der Waals surface area contributed by atoms with Crippen LogP contribution in [-0.2, 0) is 0 Å². The van der Waals surface area contributed by atoms with Crippen molar-refractivity contribution in [3.8, 4) is 17.2 Å². The van der Waals surface area contributed by atoms with E-state index in [2.05, 4.69) is 144 Å². The summed E-state index contributed by atoms with van der Waals surface area (Å²) in [5.74, 6) is 0.692. The van der Waals surface area contributed by atoms with Gasteiger partial charge in [-0.3, -0.25) is 4.57 Å². The summed E-state index contributed by atoms with van der Waals surface area (Å²) in [5.41, 5.74) is 5.28. The first-order valence-corrected chi connectivity index (χ1v) is 17.4. The topological polar surface area (TPSA) is 30.7 Å². The van der Waals surface area contributed by atoms with Gasteiger partial charge in [0.15, 0.2) is 0 Å². The molecule has 0 fully saturated rings. The molecule has 3 nitrogen and oxygen atoms in total. The van der Waals surface area contributed by atoms with Gasteiger partial charge < -0.3 is 0 Å². The van der Waals surface area contributed by atoms with Crippen LogP contribution in [0.15, 0.2) is 140 Å². The van der Waals surface area contributed by atoms with Crippen LogP contribution in [0.4, 0.5) is 0 Å². The molecule has 0 unspecified atom stereocenters. The number of hydrogen-bond donors (Lipinski definition) is 0. The Morgan fingerprint density at radius 3 is 1.85 bits per heavy atom. The van der Waals surface area contributed by atoms with E-state index in [1.54, 1.807) is 0 Å². The van der Waals surface area contributed by atoms with Gasteiger partial charge in [-0.25, -0.2) is 9.97 Å². The molecule has 218 valence electrons. The molecule has 0 aliphatic carbocycles. The van der Waals surface area contributed by atoms with Gasteiger partial charge in [-0.2, -0.15) is 0 Å². The van der Waals surface area contributed by atoms with Crippen LogP contribution >= 0.6 is 22.7 Å². The van der Waals surface area contributed by atoms with E-state index in [9.17, 15) is 0 Å². The average molecular weight is 634 g/mol. The predicted octanol–water partition coefficient (Wildman–Crippen LogP) is 12.3. The maximum Gasteiger partial charge on any atom is 0.235 e. The van der Waals surface area contributed by atoms with Gasteiger partial charge in [-0.15, -0.1) is 22.7 Å². The van der Waals surface area contributed by atoms with Crippen LogP contribution < -0.4 is 0 Å². The van der Waals surface area contributed by atoms with Gasteiger partial charge in [0.25, 0.3) is 0 Å². The van der Waals surface area contributed by atoms with Crippen LogP contribution in [0, 0.1) is 0 Å². The minimum Gasteiger partial charge on any atom is -0.276 e. The molecule has 0 aliphatic rings. The number of para-hydroxylation sites is 1. The van der Waals surface area contributed by atoms with Crippen LogP contribution in [-0.4, -0.2) is 14.5 Å². The zero-order valence-corrected chi connectivity index (χ0v) is 26.6. The summed E-state index contributed by atoms with van der Waals surface area (Å²) in [5, 5.41) is 11.1. The van der Waals surface area contributed by atoms with Crippen molar-refractivity contribution in [2.24, 2.45) is 0 Å². The first-order chi connectivity index (χ1) is 23.3. The van der Waals surface area contributed by atoms with E-state index >= 15 is 0 Å². The Kier molecular flexibility index (Phi) is 5.14. The SMILES string of the molecule is c1ccc(-c2nc(-n3c4c(ccc5c6sc7ccccc7c6sc54)c4c5ccccc5c5ccccc5c43)nc3ccccc23)cc1. The minimum atomic E-state index is 0.692. The number of rotatable bonds is 2. The third-order valence-electron chi connectivity index (χ3n) is 9.59. The quantitative estimate of drug-likeness (QED) is 0.177. The van der Waals surface area contributed by atoms with Crippen molar-refractivity contribution in [3.05, 3.63) is 140 Å². The Balaban J connectivity index is 1.41. The Morgan fingerprint density at radius 1 is 0.404 bits per heavy atom. The van der Waals surface area contributed by atoms with Gasteiger partial charge in [0, 0.05) is 42.6 Å². The van der Waals surface area contributed by atoms with Crippen LogP contribution in [0.1, 0.15) is 0 Å². The molecule has 4 heterocycles. The lowest BCUT2D eigenvalue weighted by Gasteiger charge is -2.13. The molecule has 11 rings (SSSR count). The van der Waals surface area contributed by atoms with Crippen molar-refractivity contribution in [2.45, 2.75) is 0 Å². The van der Waals surface area contributed by atoms with E-state index in [0.717, 1.165) is 27.7 Å². The molecule has 0 saturated heterocycles. The van der Waals surface area contributed by atoms with Crippen LogP contribution in [0.2, 0.25) is 0 Å². The van der Waals surface area contributed by atoms with Crippen molar-refractivity contribution >= 4 is 106 Å². The summed E-state index contributed by atoms with van der Waals surface area (Å²) in [6.45, 7) is 0. The maximum atomic E-state index is 5.46. The highest BCUT2D eigenvalue weighted by atomic mass is 32.1. The molecule has 11 aromatic rings. The van der Waals surface area contributed by atoms with Crippen LogP contribution in [0.25, 0.3) is 101 Å². The number of benzene rings is 7. The van der Waals surface area contributed by atoms with E-state index in [4.69, 9.17) is 9.97 Å². The van der Waals surface area contributed by atoms with E-state index in [0.29, 0.717) is 5.95 Å². The molecular formula is C42H23N3S2. The Morgan fingerprint density at radius 2 is 1.02 bits per heavy atom. The molecular weight excluding hydrogens is 611 g/mol. The summed E-state index contributed by atoms with van der Waals surface area (Å²) >= 11 is 3.79. The lowest BCUT2D eigenvalue weighted by molar-refractivity contribution is 1.02. The zero-order chi connectivity index (χ0) is 30.6. The molecule has 4 aromatic heterocycles. The fourth-order valence-corrected chi connectivity index (χ4v) is 10.4. The first-order valence-electron chi connectivity index (χ1n) is 15.8. The van der Waals surface area contributed by atoms with Crippen LogP contribution in [0.3, 0.4) is 0 Å². The summed E-state index contributed by atoms with van der Waals surface area (Å²) < 4.78 is 7.69. The molecule has 0 N–H and O–H groups in total. The average Bonchev–Trinajstić information content (AvgIpc) is 3.80. The van der Waals surface area contributed by atoms with Gasteiger partial charge in [0.05, 0.1) is 36.3 Å². The van der Waals surface area contributed by atoms with Crippen molar-refractivity contribution in [2.75, 3.05) is 0 Å². The van der Waals surface area contributed by atoms with Crippen LogP contribution in [0.5, 0.6) is 0 Å². The smallest absolute Gasteiger partial charge is 0.235 e. The molecule has 0 radical (unpaired) electrons. The second-order valence-corrected chi connectivity index (χ2v) is 14.2. The molecule has 5 heteroatoms. The maximum absolute atomic E-state index is 5.46. The highest BCUT2D eigenvalue weighted by Gasteiger charge is 2.25. The number of nitrogens with zero attached hydrogens (tertiary/aromatic N) is 3. The lowest BCUT2D eigenvalue weighted by atomic mass is 9.97. The zero-order valence-electron chi connectivity index (χ0n) is 24.9. The number of hydrogen-bond acceptors (Lipinski definition) is 4. The summed E-state index contributed by atoms with van der Waals surface area (Å²) in [6.07, 6.45) is 0. The normalized spacial score (nSPS) is 12.3. The molecule has 0 bridgehead atoms. The van der Waals surface area contributed by atoms with Gasteiger partial charge in [0.2, 0.25) is 5.95 Å². The van der Waals surface area contributed by atoms with Gasteiger partial charge in [0.1, 0.15) is 0 Å². The fourth-order valence-electron chi connectivity index (χ4n) is 7.60. The Labute approximate surface area is 276 Å². The van der Waals surface area contributed by atoms with Crippen molar-refractivity contribution in [1.29, 1.82) is 0 Å². The van der Waals surface area contributed by atoms with Gasteiger partial charge in [-0.1, -0.05) is 127 Å². The molecule has 0 amide bonds. The van der Waals surface area contributed by atoms with Gasteiger partial charge in [-0.05, 0) is 28.3 Å².